The number of ether oxygens (including phenoxy) is 1. The van der Waals surface area contributed by atoms with Gasteiger partial charge in [0, 0.05) is 0 Å². The molecule has 0 saturated carbocycles. The Kier molecular flexibility index (Phi) is 7.49. The highest BCUT2D eigenvalue weighted by Gasteiger charge is 2.18. The van der Waals surface area contributed by atoms with Gasteiger partial charge in [-0.2, -0.15) is 0 Å². The van der Waals surface area contributed by atoms with Gasteiger partial charge >= 0.3 is 0 Å². The van der Waals surface area contributed by atoms with E-state index in [0.717, 1.165) is 11.4 Å². The lowest BCUT2D eigenvalue weighted by atomic mass is 9.88. The van der Waals surface area contributed by atoms with Crippen molar-refractivity contribution in [2.75, 3.05) is 18.5 Å². The Hall–Kier alpha value is -1.81. The average Bonchev–Trinajstić information content (AvgIpc) is 2.61. The molecule has 0 fully saturated rings. The summed E-state index contributed by atoms with van der Waals surface area (Å²) < 4.78 is 6.27. The third kappa shape index (κ3) is 5.35. The normalized spacial score (nSPS) is 11.5. The molecule has 0 spiro atoms. The van der Waals surface area contributed by atoms with Gasteiger partial charge in [0.15, 0.2) is 0 Å². The molecule has 1 heterocycles. The van der Waals surface area contributed by atoms with Gasteiger partial charge in [0.2, 0.25) is 0 Å². The summed E-state index contributed by atoms with van der Waals surface area (Å²) in [5.41, 5.74) is 4.70. The Balaban J connectivity index is 2.18. The number of anilines is 1. The molecule has 0 aliphatic heterocycles. The second kappa shape index (κ2) is 9.41. The van der Waals surface area contributed by atoms with Crippen LogP contribution in [0.3, 0.4) is 0 Å². The largest absolute Gasteiger partial charge is 0.491 e. The van der Waals surface area contributed by atoms with E-state index >= 15 is 0 Å². The van der Waals surface area contributed by atoms with Crippen molar-refractivity contribution in [3.63, 3.8) is 0 Å². The summed E-state index contributed by atoms with van der Waals surface area (Å²) in [5, 5.41) is 3.80. The molecule has 0 saturated heterocycles. The van der Waals surface area contributed by atoms with Crippen molar-refractivity contribution in [1.82, 2.24) is 9.97 Å². The smallest absolute Gasteiger partial charge is 0.148 e. The molecule has 5 heteroatoms. The summed E-state index contributed by atoms with van der Waals surface area (Å²) in [6, 6.07) is 4.60. The van der Waals surface area contributed by atoms with Gasteiger partial charge in [-0.3, -0.25) is 0 Å². The lowest BCUT2D eigenvalue weighted by molar-refractivity contribution is 0.323. The molecule has 0 radical (unpaired) electrons. The summed E-state index contributed by atoms with van der Waals surface area (Å²) in [5.74, 6) is 2.98. The van der Waals surface area contributed by atoms with E-state index in [0.29, 0.717) is 41.7 Å². The van der Waals surface area contributed by atoms with E-state index in [1.165, 1.54) is 23.0 Å². The highest BCUT2D eigenvalue weighted by molar-refractivity contribution is 6.33. The summed E-state index contributed by atoms with van der Waals surface area (Å²) in [6.45, 7) is 16.4. The number of hydrogen-bond acceptors (Lipinski definition) is 4. The Morgan fingerprint density at radius 1 is 0.963 bits per heavy atom. The lowest BCUT2D eigenvalue weighted by Gasteiger charge is -2.23. The van der Waals surface area contributed by atoms with Crippen molar-refractivity contribution in [2.24, 2.45) is 0 Å². The molecule has 0 unspecified atom stereocenters. The third-order valence-corrected chi connectivity index (χ3v) is 5.14. The van der Waals surface area contributed by atoms with Gasteiger partial charge in [0.05, 0.1) is 12.2 Å². The van der Waals surface area contributed by atoms with Crippen molar-refractivity contribution in [1.29, 1.82) is 0 Å². The SMILES string of the molecule is Cc1ncnc(NCCOc2c(C(C)C)cc(C(C)C)cc2C(C)C)c1Cl. The van der Waals surface area contributed by atoms with Gasteiger partial charge < -0.3 is 10.1 Å². The standard InChI is InChI=1S/C22H32ClN3O/c1-13(2)17-10-18(14(3)4)21(19(11-17)15(5)6)27-9-8-24-22-20(23)16(7)25-12-26-22/h10-15H,8-9H2,1-7H3,(H,24,25,26). The molecule has 4 nitrogen and oxygen atoms in total. The van der Waals surface area contributed by atoms with Crippen molar-refractivity contribution < 1.29 is 4.74 Å². The molecular formula is C22H32ClN3O. The number of aromatic nitrogens is 2. The molecule has 1 N–H and O–H groups in total. The zero-order valence-corrected chi connectivity index (χ0v) is 18.3. The predicted octanol–water partition coefficient (Wildman–Crippen LogP) is 6.30. The van der Waals surface area contributed by atoms with E-state index < -0.39 is 0 Å². The second-order valence-corrected chi connectivity index (χ2v) is 8.27. The molecular weight excluding hydrogens is 358 g/mol. The molecule has 0 aliphatic rings. The zero-order chi connectivity index (χ0) is 20.1. The summed E-state index contributed by atoms with van der Waals surface area (Å²) in [7, 11) is 0. The van der Waals surface area contributed by atoms with Crippen molar-refractivity contribution >= 4 is 17.4 Å². The summed E-state index contributed by atoms with van der Waals surface area (Å²) in [6.07, 6.45) is 1.52. The van der Waals surface area contributed by atoms with Crippen LogP contribution in [0.5, 0.6) is 5.75 Å². The van der Waals surface area contributed by atoms with Gasteiger partial charge in [-0.25, -0.2) is 9.97 Å². The molecule has 0 bridgehead atoms. The molecule has 27 heavy (non-hydrogen) atoms. The van der Waals surface area contributed by atoms with Crippen LogP contribution in [0.4, 0.5) is 5.82 Å². The van der Waals surface area contributed by atoms with E-state index in [4.69, 9.17) is 16.3 Å². The first-order valence-corrected chi connectivity index (χ1v) is 10.1. The first-order valence-electron chi connectivity index (χ1n) is 9.73. The quantitative estimate of drug-likeness (QED) is 0.538. The number of halogens is 1. The number of nitrogens with zero attached hydrogens (tertiary/aromatic N) is 2. The minimum Gasteiger partial charge on any atom is -0.491 e. The maximum absolute atomic E-state index is 6.27. The monoisotopic (exact) mass is 389 g/mol. The van der Waals surface area contributed by atoms with Crippen LogP contribution >= 0.6 is 11.6 Å². The first kappa shape index (κ1) is 21.5. The topological polar surface area (TPSA) is 47.0 Å². The van der Waals surface area contributed by atoms with E-state index in [1.54, 1.807) is 0 Å². The van der Waals surface area contributed by atoms with Gasteiger partial charge in [0.25, 0.3) is 0 Å². The van der Waals surface area contributed by atoms with Crippen LogP contribution in [-0.4, -0.2) is 23.1 Å². The van der Waals surface area contributed by atoms with Gasteiger partial charge in [-0.15, -0.1) is 0 Å². The van der Waals surface area contributed by atoms with Crippen molar-refractivity contribution in [3.05, 3.63) is 45.9 Å². The fourth-order valence-corrected chi connectivity index (χ4v) is 3.12. The molecule has 0 aliphatic carbocycles. The van der Waals surface area contributed by atoms with Gasteiger partial charge in [0.1, 0.15) is 29.5 Å². The molecule has 148 valence electrons. The van der Waals surface area contributed by atoms with Crippen LogP contribution < -0.4 is 10.1 Å². The Morgan fingerprint density at radius 2 is 1.56 bits per heavy atom. The van der Waals surface area contributed by atoms with Crippen LogP contribution in [0, 0.1) is 6.92 Å². The van der Waals surface area contributed by atoms with E-state index in [1.807, 2.05) is 6.92 Å². The molecule has 1 aromatic heterocycles. The maximum atomic E-state index is 6.27. The number of rotatable bonds is 8. The number of hydrogen-bond donors (Lipinski definition) is 1. The van der Waals surface area contributed by atoms with Gasteiger partial charge in [-0.1, -0.05) is 65.3 Å². The zero-order valence-electron chi connectivity index (χ0n) is 17.6. The Morgan fingerprint density at radius 3 is 2.07 bits per heavy atom. The molecule has 1 aromatic carbocycles. The average molecular weight is 390 g/mol. The van der Waals surface area contributed by atoms with Crippen LogP contribution in [0.15, 0.2) is 18.5 Å². The van der Waals surface area contributed by atoms with Crippen LogP contribution in [0.2, 0.25) is 5.02 Å². The number of aryl methyl sites for hydroxylation is 1. The summed E-state index contributed by atoms with van der Waals surface area (Å²) in [4.78, 5) is 8.28. The van der Waals surface area contributed by atoms with Crippen molar-refractivity contribution in [2.45, 2.75) is 66.2 Å². The molecule has 0 amide bonds. The fraction of sp³-hybridized carbons (Fsp3) is 0.545. The van der Waals surface area contributed by atoms with Crippen molar-refractivity contribution in [3.8, 4) is 5.75 Å². The fourth-order valence-electron chi connectivity index (χ4n) is 2.96. The highest BCUT2D eigenvalue weighted by Crippen LogP contribution is 2.37. The molecule has 0 atom stereocenters. The van der Waals surface area contributed by atoms with Gasteiger partial charge in [-0.05, 0) is 41.4 Å². The van der Waals surface area contributed by atoms with E-state index in [2.05, 4.69) is 69.0 Å². The third-order valence-electron chi connectivity index (χ3n) is 4.68. The van der Waals surface area contributed by atoms with E-state index in [-0.39, 0.29) is 0 Å². The second-order valence-electron chi connectivity index (χ2n) is 7.89. The maximum Gasteiger partial charge on any atom is 0.148 e. The van der Waals surface area contributed by atoms with E-state index in [9.17, 15) is 0 Å². The summed E-state index contributed by atoms with van der Waals surface area (Å²) >= 11 is 6.24. The number of benzene rings is 1. The highest BCUT2D eigenvalue weighted by atomic mass is 35.5. The van der Waals surface area contributed by atoms with Crippen LogP contribution in [0.25, 0.3) is 0 Å². The molecule has 2 rings (SSSR count). The number of nitrogens with one attached hydrogen (secondary N) is 1. The minimum atomic E-state index is 0.406. The van der Waals surface area contributed by atoms with Crippen LogP contribution in [0.1, 0.15) is 81.7 Å². The predicted molar refractivity (Wildman–Crippen MR) is 114 cm³/mol. The minimum absolute atomic E-state index is 0.406. The Labute approximate surface area is 168 Å². The Bertz CT molecular complexity index is 743. The first-order chi connectivity index (χ1) is 12.7. The lowest BCUT2D eigenvalue weighted by Crippen LogP contribution is -2.15. The van der Waals surface area contributed by atoms with Crippen LogP contribution in [-0.2, 0) is 0 Å². The molecule has 2 aromatic rings.